The lowest BCUT2D eigenvalue weighted by Crippen LogP contribution is -2.38. The smallest absolute Gasteiger partial charge is 0.214 e. The fourth-order valence-corrected chi connectivity index (χ4v) is 5.41. The first-order chi connectivity index (χ1) is 14.0. The monoisotopic (exact) mass is 415 g/mol. The normalized spacial score (nSPS) is 15.6. The minimum atomic E-state index is -3.62. The van der Waals surface area contributed by atoms with Gasteiger partial charge < -0.3 is 4.98 Å². The first-order valence-electron chi connectivity index (χ1n) is 9.70. The Labute approximate surface area is 168 Å². The maximum Gasteiger partial charge on any atom is 0.214 e. The second kappa shape index (κ2) is 8.04. The van der Waals surface area contributed by atoms with Crippen LogP contribution in [-0.4, -0.2) is 36.0 Å². The van der Waals surface area contributed by atoms with E-state index < -0.39 is 33.4 Å². The summed E-state index contributed by atoms with van der Waals surface area (Å²) in [6, 6.07) is 10.5. The highest BCUT2D eigenvalue weighted by Gasteiger charge is 2.29. The molecule has 0 spiro atoms. The van der Waals surface area contributed by atoms with Gasteiger partial charge in [-0.05, 0) is 24.5 Å². The molecule has 4 rings (SSSR count). The molecular formula is C21H22FN3O3S. The van der Waals surface area contributed by atoms with E-state index in [1.807, 2.05) is 6.07 Å². The largest absolute Gasteiger partial charge is 0.345 e. The lowest BCUT2D eigenvalue weighted by molar-refractivity contribution is 0.0994. The zero-order chi connectivity index (χ0) is 20.4. The number of carbonyl (C=O) groups is 1. The Balaban J connectivity index is 1.65. The first-order valence-corrected chi connectivity index (χ1v) is 11.2. The number of aromatic nitrogens is 2. The Morgan fingerprint density at radius 3 is 2.62 bits per heavy atom. The van der Waals surface area contributed by atoms with Crippen LogP contribution in [-0.2, 0) is 10.0 Å². The summed E-state index contributed by atoms with van der Waals surface area (Å²) in [5.41, 5.74) is 1.40. The Morgan fingerprint density at radius 2 is 1.90 bits per heavy atom. The number of Topliss-reactive ketones (excluding diaryl/α,β-unsaturated/α-hetero) is 1. The molecule has 1 fully saturated rings. The zero-order valence-electron chi connectivity index (χ0n) is 15.8. The van der Waals surface area contributed by atoms with E-state index in [0.29, 0.717) is 23.9 Å². The molecular weight excluding hydrogens is 393 g/mol. The van der Waals surface area contributed by atoms with E-state index in [4.69, 9.17) is 0 Å². The number of hydrogen-bond donors (Lipinski definition) is 2. The number of rotatable bonds is 6. The molecule has 0 aliphatic heterocycles. The van der Waals surface area contributed by atoms with E-state index in [9.17, 15) is 13.2 Å². The third-order valence-corrected chi connectivity index (χ3v) is 7.33. The molecule has 0 bridgehead atoms. The van der Waals surface area contributed by atoms with Gasteiger partial charge in [-0.25, -0.2) is 22.5 Å². The highest BCUT2D eigenvalue weighted by Crippen LogP contribution is 2.30. The van der Waals surface area contributed by atoms with E-state index in [2.05, 4.69) is 14.7 Å². The van der Waals surface area contributed by atoms with Crippen LogP contribution < -0.4 is 4.72 Å². The van der Waals surface area contributed by atoms with Gasteiger partial charge in [0.15, 0.2) is 5.78 Å². The van der Waals surface area contributed by atoms with Gasteiger partial charge in [0.2, 0.25) is 10.0 Å². The summed E-state index contributed by atoms with van der Waals surface area (Å²) in [7, 11) is -3.62. The summed E-state index contributed by atoms with van der Waals surface area (Å²) in [6.45, 7) is -0.490. The molecule has 6 nitrogen and oxygen atoms in total. The molecule has 1 aliphatic rings. The van der Waals surface area contributed by atoms with Crippen molar-refractivity contribution in [2.75, 3.05) is 6.54 Å². The standard InChI is InChI=1S/C21H22FN3O3S/c22-20-16(14-7-3-1-4-8-14)11-17-21(24-13-23-17)19(20)18(26)12-25-29(27,28)15-9-5-2-6-10-15/h1,3-4,7-8,11,13,15,25H,2,5-6,9-10,12H2,(H,23,24). The van der Waals surface area contributed by atoms with E-state index in [-0.39, 0.29) is 16.6 Å². The number of nitrogens with one attached hydrogen (secondary N) is 2. The molecule has 0 unspecified atom stereocenters. The van der Waals surface area contributed by atoms with Gasteiger partial charge in [-0.1, -0.05) is 49.6 Å². The summed E-state index contributed by atoms with van der Waals surface area (Å²) < 4.78 is 42.8. The van der Waals surface area contributed by atoms with Crippen LogP contribution in [0.3, 0.4) is 0 Å². The lowest BCUT2D eigenvalue weighted by atomic mass is 9.98. The molecule has 0 amide bonds. The van der Waals surface area contributed by atoms with Gasteiger partial charge in [0.1, 0.15) is 11.3 Å². The number of sulfonamides is 1. The molecule has 0 radical (unpaired) electrons. The summed E-state index contributed by atoms with van der Waals surface area (Å²) in [6.07, 6.45) is 5.32. The number of imidazole rings is 1. The molecule has 8 heteroatoms. The van der Waals surface area contributed by atoms with Crippen molar-refractivity contribution < 1.29 is 17.6 Å². The second-order valence-electron chi connectivity index (χ2n) is 7.33. The van der Waals surface area contributed by atoms with Crippen molar-refractivity contribution in [2.24, 2.45) is 0 Å². The molecule has 1 heterocycles. The number of nitrogens with zero attached hydrogens (tertiary/aromatic N) is 1. The molecule has 1 aliphatic carbocycles. The van der Waals surface area contributed by atoms with E-state index in [1.165, 1.54) is 6.33 Å². The molecule has 3 aromatic rings. The zero-order valence-corrected chi connectivity index (χ0v) is 16.6. The highest BCUT2D eigenvalue weighted by atomic mass is 32.2. The van der Waals surface area contributed by atoms with Crippen molar-refractivity contribution in [3.8, 4) is 11.1 Å². The van der Waals surface area contributed by atoms with Gasteiger partial charge in [-0.3, -0.25) is 4.79 Å². The van der Waals surface area contributed by atoms with Crippen LogP contribution in [0.25, 0.3) is 22.2 Å². The lowest BCUT2D eigenvalue weighted by Gasteiger charge is -2.21. The van der Waals surface area contributed by atoms with Gasteiger partial charge in [0.05, 0.1) is 29.2 Å². The number of hydrogen-bond acceptors (Lipinski definition) is 4. The molecule has 0 saturated heterocycles. The molecule has 1 aromatic heterocycles. The Morgan fingerprint density at radius 1 is 1.17 bits per heavy atom. The summed E-state index contributed by atoms with van der Waals surface area (Å²) in [5.74, 6) is -1.34. The number of fused-ring (bicyclic) bond motifs is 1. The Bertz CT molecular complexity index is 1140. The third-order valence-electron chi connectivity index (χ3n) is 5.44. The minimum Gasteiger partial charge on any atom is -0.345 e. The SMILES string of the molecule is O=C(CNS(=O)(=O)C1CCCCC1)c1c(F)c(-c2ccccc2)cc2[nH]cnc12. The van der Waals surface area contributed by atoms with Crippen molar-refractivity contribution in [2.45, 2.75) is 37.4 Å². The quantitative estimate of drug-likeness (QED) is 0.599. The number of benzene rings is 2. The maximum atomic E-state index is 15.3. The van der Waals surface area contributed by atoms with Gasteiger partial charge >= 0.3 is 0 Å². The molecule has 152 valence electrons. The molecule has 0 atom stereocenters. The minimum absolute atomic E-state index is 0.198. The van der Waals surface area contributed by atoms with Crippen LogP contribution in [0.2, 0.25) is 0 Å². The van der Waals surface area contributed by atoms with Gasteiger partial charge in [-0.2, -0.15) is 0 Å². The van der Waals surface area contributed by atoms with Crippen LogP contribution in [0.4, 0.5) is 4.39 Å². The number of aromatic amines is 1. The van der Waals surface area contributed by atoms with E-state index >= 15 is 4.39 Å². The Kier molecular flexibility index (Phi) is 5.47. The van der Waals surface area contributed by atoms with Crippen LogP contribution >= 0.6 is 0 Å². The van der Waals surface area contributed by atoms with Gasteiger partial charge in [0.25, 0.3) is 0 Å². The summed E-state index contributed by atoms with van der Waals surface area (Å²) in [5, 5.41) is -0.491. The van der Waals surface area contributed by atoms with E-state index in [0.717, 1.165) is 19.3 Å². The fourth-order valence-electron chi connectivity index (χ4n) is 3.89. The Hall–Kier alpha value is -2.58. The number of carbonyl (C=O) groups excluding carboxylic acids is 1. The van der Waals surface area contributed by atoms with Gasteiger partial charge in [-0.15, -0.1) is 0 Å². The number of ketones is 1. The average Bonchev–Trinajstić information content (AvgIpc) is 3.21. The topological polar surface area (TPSA) is 91.9 Å². The molecule has 1 saturated carbocycles. The van der Waals surface area contributed by atoms with Crippen molar-refractivity contribution in [1.82, 2.24) is 14.7 Å². The average molecular weight is 415 g/mol. The molecule has 29 heavy (non-hydrogen) atoms. The van der Waals surface area contributed by atoms with Crippen LogP contribution in [0, 0.1) is 5.82 Å². The predicted molar refractivity (Wildman–Crippen MR) is 110 cm³/mol. The molecule has 2 aromatic carbocycles. The van der Waals surface area contributed by atoms with Crippen molar-refractivity contribution in [1.29, 1.82) is 0 Å². The number of halogens is 1. The predicted octanol–water partition coefficient (Wildman–Crippen LogP) is 3.80. The van der Waals surface area contributed by atoms with Crippen molar-refractivity contribution >= 4 is 26.8 Å². The second-order valence-corrected chi connectivity index (χ2v) is 9.37. The molecule has 2 N–H and O–H groups in total. The first kappa shape index (κ1) is 19.7. The van der Waals surface area contributed by atoms with Crippen molar-refractivity contribution in [3.05, 3.63) is 54.1 Å². The van der Waals surface area contributed by atoms with Crippen LogP contribution in [0.5, 0.6) is 0 Å². The summed E-state index contributed by atoms with van der Waals surface area (Å²) in [4.78, 5) is 19.9. The third kappa shape index (κ3) is 3.95. The maximum absolute atomic E-state index is 15.3. The van der Waals surface area contributed by atoms with E-state index in [1.54, 1.807) is 30.3 Å². The number of H-pyrrole nitrogens is 1. The van der Waals surface area contributed by atoms with Crippen LogP contribution in [0.1, 0.15) is 42.5 Å². The van der Waals surface area contributed by atoms with Gasteiger partial charge in [0, 0.05) is 5.56 Å². The van der Waals surface area contributed by atoms with Crippen LogP contribution in [0.15, 0.2) is 42.7 Å². The highest BCUT2D eigenvalue weighted by molar-refractivity contribution is 7.90. The van der Waals surface area contributed by atoms with Crippen molar-refractivity contribution in [3.63, 3.8) is 0 Å². The summed E-state index contributed by atoms with van der Waals surface area (Å²) >= 11 is 0. The fraction of sp³-hybridized carbons (Fsp3) is 0.333.